The number of hydrogen-bond acceptors (Lipinski definition) is 6. The second kappa shape index (κ2) is 12.3. The minimum atomic E-state index is -3.93. The third-order valence-electron chi connectivity index (χ3n) is 8.33. The molecule has 2 heterocycles. The number of rotatable bonds is 6. The van der Waals surface area contributed by atoms with Gasteiger partial charge in [-0.3, -0.25) is 4.79 Å². The fraction of sp³-hybridized carbons (Fsp3) is 0.333. The minimum absolute atomic E-state index is 0.0217. The number of hydrogen-bond donors (Lipinski definition) is 1. The van der Waals surface area contributed by atoms with E-state index in [4.69, 9.17) is 4.74 Å². The lowest BCUT2D eigenvalue weighted by molar-refractivity contribution is -0.0147. The van der Waals surface area contributed by atoms with Crippen molar-refractivity contribution in [1.29, 1.82) is 5.26 Å². The van der Waals surface area contributed by atoms with Gasteiger partial charge < -0.3 is 19.3 Å². The molecule has 224 valence electrons. The molecule has 0 saturated carbocycles. The highest BCUT2D eigenvalue weighted by Crippen LogP contribution is 2.38. The van der Waals surface area contributed by atoms with Gasteiger partial charge >= 0.3 is 0 Å². The molecule has 1 aromatic heterocycles. The van der Waals surface area contributed by atoms with Crippen molar-refractivity contribution in [1.82, 2.24) is 13.8 Å². The van der Waals surface area contributed by atoms with Crippen molar-refractivity contribution in [3.8, 4) is 17.2 Å². The molecule has 5 rings (SSSR count). The van der Waals surface area contributed by atoms with Crippen molar-refractivity contribution >= 4 is 26.8 Å². The van der Waals surface area contributed by atoms with E-state index in [2.05, 4.69) is 0 Å². The van der Waals surface area contributed by atoms with Crippen LogP contribution in [0.2, 0.25) is 0 Å². The number of carbonyl (C=O) groups is 1. The maximum absolute atomic E-state index is 14.5. The van der Waals surface area contributed by atoms with Gasteiger partial charge in [0.1, 0.15) is 5.69 Å². The lowest BCUT2D eigenvalue weighted by atomic mass is 9.96. The number of carbonyl (C=O) groups excluding carboxylic acids is 1. The summed E-state index contributed by atoms with van der Waals surface area (Å²) in [5.41, 5.74) is 4.24. The van der Waals surface area contributed by atoms with Gasteiger partial charge in [-0.25, -0.2) is 8.42 Å². The Morgan fingerprint density at radius 2 is 1.84 bits per heavy atom. The Morgan fingerprint density at radius 1 is 1.12 bits per heavy atom. The van der Waals surface area contributed by atoms with Gasteiger partial charge in [0.2, 0.25) is 10.0 Å². The fourth-order valence-electron chi connectivity index (χ4n) is 5.78. The Morgan fingerprint density at radius 3 is 2.58 bits per heavy atom. The van der Waals surface area contributed by atoms with Crippen LogP contribution in [0.4, 0.5) is 0 Å². The number of fused-ring (bicyclic) bond motifs is 5. The molecule has 3 atom stereocenters. The average Bonchev–Trinajstić information content (AvgIpc) is 3.31. The molecule has 1 N–H and O–H groups in total. The van der Waals surface area contributed by atoms with Crippen molar-refractivity contribution in [2.45, 2.75) is 37.5 Å². The molecule has 4 aromatic rings. The van der Waals surface area contributed by atoms with Crippen molar-refractivity contribution in [2.24, 2.45) is 13.0 Å². The number of aliphatic hydroxyl groups is 1. The van der Waals surface area contributed by atoms with E-state index in [1.54, 1.807) is 24.0 Å². The van der Waals surface area contributed by atoms with E-state index in [0.29, 0.717) is 5.69 Å². The summed E-state index contributed by atoms with van der Waals surface area (Å²) < 4.78 is 36.7. The predicted molar refractivity (Wildman–Crippen MR) is 165 cm³/mol. The highest BCUT2D eigenvalue weighted by Gasteiger charge is 2.35. The van der Waals surface area contributed by atoms with Crippen molar-refractivity contribution in [3.05, 3.63) is 89.6 Å². The van der Waals surface area contributed by atoms with Crippen molar-refractivity contribution in [3.63, 3.8) is 0 Å². The van der Waals surface area contributed by atoms with E-state index in [1.165, 1.54) is 23.5 Å². The summed E-state index contributed by atoms with van der Waals surface area (Å²) in [6.07, 6.45) is -0.592. The van der Waals surface area contributed by atoms with Gasteiger partial charge in [-0.1, -0.05) is 55.5 Å². The molecule has 43 heavy (non-hydrogen) atoms. The standard InChI is InChI=1S/C33H36N4O5S/c1-22-18-37(23(2)20-38)33(39)32-31(28-14-7-8-15-29(28)36(32)4)27-13-6-5-11-25(27)21-42-30(22)19-35(3)43(40,41)26-12-9-10-24(16-26)17-34/h5-16,22-23,30,38H,18-21H2,1-4H3/t22-,23-,30+/m1/s1. The lowest BCUT2D eigenvalue weighted by Crippen LogP contribution is -2.48. The molecule has 0 aliphatic carbocycles. The summed E-state index contributed by atoms with van der Waals surface area (Å²) in [6, 6.07) is 23.1. The first-order chi connectivity index (χ1) is 20.6. The Bertz CT molecular complexity index is 1810. The number of aromatic nitrogens is 1. The molecule has 0 unspecified atom stereocenters. The zero-order valence-electron chi connectivity index (χ0n) is 24.8. The number of sulfonamides is 1. The number of ether oxygens (including phenoxy) is 1. The molecule has 1 amide bonds. The number of aliphatic hydroxyl groups excluding tert-OH is 1. The van der Waals surface area contributed by atoms with E-state index >= 15 is 0 Å². The topological polar surface area (TPSA) is 116 Å². The van der Waals surface area contributed by atoms with Crippen molar-refractivity contribution < 1.29 is 23.1 Å². The van der Waals surface area contributed by atoms with E-state index in [1.807, 2.05) is 73.1 Å². The molecule has 3 aromatic carbocycles. The summed E-state index contributed by atoms with van der Waals surface area (Å²) in [5, 5.41) is 20.4. The van der Waals surface area contributed by atoms with Crippen LogP contribution < -0.4 is 0 Å². The van der Waals surface area contributed by atoms with Crippen LogP contribution in [-0.2, 0) is 28.4 Å². The SMILES string of the molecule is C[C@@H]1CN([C@H](C)CO)C(=O)c2c(c3ccccc3n2C)-c2ccccc2CO[C@H]1CN(C)S(=O)(=O)c1cccc(C#N)c1. The van der Waals surface area contributed by atoms with Crippen LogP contribution in [0.1, 0.15) is 35.5 Å². The van der Waals surface area contributed by atoms with Gasteiger partial charge in [0.05, 0.1) is 41.9 Å². The third-order valence-corrected chi connectivity index (χ3v) is 10.2. The summed E-state index contributed by atoms with van der Waals surface area (Å²) in [7, 11) is -0.558. The molecule has 1 aliphatic rings. The molecule has 1 aliphatic heterocycles. The Kier molecular flexibility index (Phi) is 8.71. The molecular formula is C33H36N4O5S. The summed E-state index contributed by atoms with van der Waals surface area (Å²) in [6.45, 7) is 3.96. The van der Waals surface area contributed by atoms with Gasteiger partial charge in [0, 0.05) is 49.6 Å². The van der Waals surface area contributed by atoms with Crippen LogP contribution in [0.15, 0.2) is 77.7 Å². The van der Waals surface area contributed by atoms with Crippen molar-refractivity contribution in [2.75, 3.05) is 26.7 Å². The highest BCUT2D eigenvalue weighted by molar-refractivity contribution is 7.89. The first-order valence-corrected chi connectivity index (χ1v) is 15.7. The second-order valence-corrected chi connectivity index (χ2v) is 13.2. The van der Waals surface area contributed by atoms with Crippen LogP contribution in [0.3, 0.4) is 0 Å². The summed E-state index contributed by atoms with van der Waals surface area (Å²) in [5.74, 6) is -0.517. The zero-order valence-corrected chi connectivity index (χ0v) is 25.6. The Labute approximate surface area is 252 Å². The smallest absolute Gasteiger partial charge is 0.271 e. The molecule has 0 saturated heterocycles. The zero-order chi connectivity index (χ0) is 30.9. The molecular weight excluding hydrogens is 564 g/mol. The monoisotopic (exact) mass is 600 g/mol. The van der Waals surface area contributed by atoms with Crippen LogP contribution in [0.25, 0.3) is 22.0 Å². The van der Waals surface area contributed by atoms with Gasteiger partial charge in [-0.2, -0.15) is 9.57 Å². The van der Waals surface area contributed by atoms with E-state index < -0.39 is 22.2 Å². The minimum Gasteiger partial charge on any atom is -0.394 e. The van der Waals surface area contributed by atoms with Gasteiger partial charge in [0.25, 0.3) is 5.91 Å². The molecule has 0 bridgehead atoms. The van der Waals surface area contributed by atoms with Crippen LogP contribution in [-0.4, -0.2) is 72.1 Å². The number of benzene rings is 3. The molecule has 0 radical (unpaired) electrons. The number of amides is 1. The fourth-order valence-corrected chi connectivity index (χ4v) is 7.01. The maximum Gasteiger partial charge on any atom is 0.271 e. The summed E-state index contributed by atoms with van der Waals surface area (Å²) >= 11 is 0. The van der Waals surface area contributed by atoms with Gasteiger partial charge in [-0.05, 0) is 42.3 Å². The number of nitrogens with zero attached hydrogens (tertiary/aromatic N) is 4. The third kappa shape index (κ3) is 5.69. The molecule has 9 nitrogen and oxygen atoms in total. The summed E-state index contributed by atoms with van der Waals surface area (Å²) in [4.78, 5) is 16.2. The highest BCUT2D eigenvalue weighted by atomic mass is 32.2. The van der Waals surface area contributed by atoms with E-state index in [0.717, 1.165) is 27.6 Å². The maximum atomic E-state index is 14.5. The number of likely N-dealkylation sites (N-methyl/N-ethyl adjacent to an activating group) is 1. The normalized spacial score (nSPS) is 18.5. The molecule has 0 spiro atoms. The van der Waals surface area contributed by atoms with Crippen LogP contribution >= 0.6 is 0 Å². The van der Waals surface area contributed by atoms with Crippen LogP contribution in [0, 0.1) is 17.2 Å². The average molecular weight is 601 g/mol. The first kappa shape index (κ1) is 30.4. The van der Waals surface area contributed by atoms with E-state index in [9.17, 15) is 23.6 Å². The number of aryl methyl sites for hydroxylation is 1. The largest absolute Gasteiger partial charge is 0.394 e. The predicted octanol–water partition coefficient (Wildman–Crippen LogP) is 4.40. The Balaban J connectivity index is 1.60. The lowest BCUT2D eigenvalue weighted by Gasteiger charge is -2.35. The molecule has 10 heteroatoms. The van der Waals surface area contributed by atoms with E-state index in [-0.39, 0.29) is 48.6 Å². The number of nitriles is 1. The van der Waals surface area contributed by atoms with Crippen LogP contribution in [0.5, 0.6) is 0 Å². The van der Waals surface area contributed by atoms with Gasteiger partial charge in [0.15, 0.2) is 0 Å². The van der Waals surface area contributed by atoms with Gasteiger partial charge in [-0.15, -0.1) is 0 Å². The quantitative estimate of drug-likeness (QED) is 0.351. The second-order valence-electron chi connectivity index (χ2n) is 11.2. The Hall–Kier alpha value is -4.01. The molecule has 0 fully saturated rings. The number of para-hydroxylation sites is 1. The first-order valence-electron chi connectivity index (χ1n) is 14.2.